The molecule has 1 fully saturated rings. The van der Waals surface area contributed by atoms with Crippen molar-refractivity contribution >= 4 is 33.2 Å². The first-order valence-electron chi connectivity index (χ1n) is 6.41. The molecule has 1 N–H and O–H groups in total. The zero-order valence-corrected chi connectivity index (χ0v) is 12.7. The van der Waals surface area contributed by atoms with E-state index < -0.39 is 9.84 Å². The van der Waals surface area contributed by atoms with Gasteiger partial charge in [0.15, 0.2) is 9.84 Å². The lowest BCUT2D eigenvalue weighted by Crippen LogP contribution is -2.42. The molecule has 1 atom stereocenters. The van der Waals surface area contributed by atoms with Crippen LogP contribution in [-0.2, 0) is 9.84 Å². The van der Waals surface area contributed by atoms with Crippen LogP contribution in [0.4, 0.5) is 10.5 Å². The monoisotopic (exact) mass is 316 g/mol. The molecular weight excluding hydrogens is 300 g/mol. The lowest BCUT2D eigenvalue weighted by Gasteiger charge is -2.26. The normalized spacial score (nSPS) is 22.1. The van der Waals surface area contributed by atoms with E-state index in [2.05, 4.69) is 5.32 Å². The number of amides is 2. The van der Waals surface area contributed by atoms with Crippen LogP contribution in [0.5, 0.6) is 0 Å². The van der Waals surface area contributed by atoms with Crippen molar-refractivity contribution in [1.82, 2.24) is 4.90 Å². The van der Waals surface area contributed by atoms with E-state index in [4.69, 9.17) is 11.6 Å². The molecule has 0 aliphatic carbocycles. The number of anilines is 1. The van der Waals surface area contributed by atoms with Gasteiger partial charge >= 0.3 is 6.03 Å². The number of hydrogen-bond acceptors (Lipinski definition) is 3. The van der Waals surface area contributed by atoms with Gasteiger partial charge in [-0.25, -0.2) is 13.2 Å². The van der Waals surface area contributed by atoms with Gasteiger partial charge < -0.3 is 10.2 Å². The van der Waals surface area contributed by atoms with Gasteiger partial charge in [-0.3, -0.25) is 0 Å². The number of rotatable bonds is 1. The van der Waals surface area contributed by atoms with Crippen LogP contribution in [0.2, 0.25) is 5.02 Å². The minimum Gasteiger partial charge on any atom is -0.321 e. The molecular formula is C13H17ClN2O3S. The minimum atomic E-state index is -3.04. The van der Waals surface area contributed by atoms with Gasteiger partial charge in [-0.15, -0.1) is 0 Å². The summed E-state index contributed by atoms with van der Waals surface area (Å²) in [6.07, 6.45) is 0.464. The van der Waals surface area contributed by atoms with E-state index in [1.165, 1.54) is 0 Å². The molecule has 1 heterocycles. The maximum Gasteiger partial charge on any atom is 0.322 e. The SMILES string of the molecule is CC1CCS(=O)(=O)CCN1C(=O)Nc1cccc(Cl)c1. The van der Waals surface area contributed by atoms with E-state index in [9.17, 15) is 13.2 Å². The molecule has 0 bridgehead atoms. The standard InChI is InChI=1S/C13H17ClN2O3S/c1-10-5-7-20(18,19)8-6-16(10)13(17)15-12-4-2-3-11(14)9-12/h2-4,9-10H,5-8H2,1H3,(H,15,17). The highest BCUT2D eigenvalue weighted by molar-refractivity contribution is 7.91. The van der Waals surface area contributed by atoms with Crippen molar-refractivity contribution in [3.05, 3.63) is 29.3 Å². The minimum absolute atomic E-state index is 0.0142. The molecule has 0 saturated carbocycles. The van der Waals surface area contributed by atoms with Gasteiger partial charge in [0.25, 0.3) is 0 Å². The van der Waals surface area contributed by atoms with E-state index in [-0.39, 0.29) is 30.1 Å². The zero-order valence-electron chi connectivity index (χ0n) is 11.2. The fraction of sp³-hybridized carbons (Fsp3) is 0.462. The van der Waals surface area contributed by atoms with E-state index in [1.54, 1.807) is 29.2 Å². The van der Waals surface area contributed by atoms with Gasteiger partial charge in [-0.2, -0.15) is 0 Å². The molecule has 0 spiro atoms. The van der Waals surface area contributed by atoms with Crippen LogP contribution in [0.1, 0.15) is 13.3 Å². The molecule has 110 valence electrons. The molecule has 0 radical (unpaired) electrons. The maximum atomic E-state index is 12.2. The van der Waals surface area contributed by atoms with Crippen LogP contribution in [0.3, 0.4) is 0 Å². The number of benzene rings is 1. The first-order chi connectivity index (χ1) is 9.37. The van der Waals surface area contributed by atoms with Crippen LogP contribution >= 0.6 is 11.6 Å². The van der Waals surface area contributed by atoms with E-state index in [0.29, 0.717) is 17.1 Å². The summed E-state index contributed by atoms with van der Waals surface area (Å²) in [6.45, 7) is 2.08. The van der Waals surface area contributed by atoms with Crippen LogP contribution in [0.15, 0.2) is 24.3 Å². The maximum absolute atomic E-state index is 12.2. The Kier molecular flexibility index (Phi) is 4.55. The summed E-state index contributed by atoms with van der Waals surface area (Å²) in [5.41, 5.74) is 0.599. The van der Waals surface area contributed by atoms with E-state index >= 15 is 0 Å². The second kappa shape index (κ2) is 6.01. The summed E-state index contributed by atoms with van der Waals surface area (Å²) in [5, 5.41) is 3.28. The average Bonchev–Trinajstić information content (AvgIpc) is 2.49. The third-order valence-electron chi connectivity index (χ3n) is 3.36. The number of urea groups is 1. The van der Waals surface area contributed by atoms with Gasteiger partial charge in [-0.1, -0.05) is 17.7 Å². The molecule has 1 saturated heterocycles. The molecule has 1 aliphatic rings. The summed E-state index contributed by atoms with van der Waals surface area (Å²) in [7, 11) is -3.04. The molecule has 7 heteroatoms. The third kappa shape index (κ3) is 3.86. The van der Waals surface area contributed by atoms with Crippen LogP contribution in [-0.4, -0.2) is 43.4 Å². The van der Waals surface area contributed by atoms with Crippen LogP contribution in [0.25, 0.3) is 0 Å². The average molecular weight is 317 g/mol. The molecule has 1 aromatic carbocycles. The van der Waals surface area contributed by atoms with Crippen molar-refractivity contribution in [2.75, 3.05) is 23.4 Å². The zero-order chi connectivity index (χ0) is 14.8. The molecule has 1 aliphatic heterocycles. The Labute approximate surface area is 123 Å². The number of carbonyl (C=O) groups is 1. The molecule has 2 rings (SSSR count). The summed E-state index contributed by atoms with van der Waals surface area (Å²) in [4.78, 5) is 13.8. The van der Waals surface area contributed by atoms with Crippen molar-refractivity contribution in [2.45, 2.75) is 19.4 Å². The van der Waals surface area contributed by atoms with Crippen molar-refractivity contribution in [3.63, 3.8) is 0 Å². The van der Waals surface area contributed by atoms with Gasteiger partial charge in [0.1, 0.15) is 0 Å². The lowest BCUT2D eigenvalue weighted by atomic mass is 10.2. The largest absolute Gasteiger partial charge is 0.322 e. The smallest absolute Gasteiger partial charge is 0.321 e. The Morgan fingerprint density at radius 1 is 1.40 bits per heavy atom. The first-order valence-corrected chi connectivity index (χ1v) is 8.61. The summed E-state index contributed by atoms with van der Waals surface area (Å²) >= 11 is 5.86. The Balaban J connectivity index is 2.08. The highest BCUT2D eigenvalue weighted by atomic mass is 35.5. The Morgan fingerprint density at radius 2 is 2.15 bits per heavy atom. The van der Waals surface area contributed by atoms with Crippen LogP contribution in [0, 0.1) is 0 Å². The predicted molar refractivity (Wildman–Crippen MR) is 79.9 cm³/mol. The van der Waals surface area contributed by atoms with E-state index in [1.807, 2.05) is 6.92 Å². The van der Waals surface area contributed by atoms with E-state index in [0.717, 1.165) is 0 Å². The molecule has 2 amide bonds. The fourth-order valence-electron chi connectivity index (χ4n) is 2.13. The van der Waals surface area contributed by atoms with Crippen molar-refractivity contribution in [2.24, 2.45) is 0 Å². The molecule has 1 unspecified atom stereocenters. The highest BCUT2D eigenvalue weighted by Gasteiger charge is 2.27. The Morgan fingerprint density at radius 3 is 2.85 bits per heavy atom. The Bertz CT molecular complexity index is 603. The van der Waals surface area contributed by atoms with Gasteiger partial charge in [0.2, 0.25) is 0 Å². The number of nitrogens with zero attached hydrogens (tertiary/aromatic N) is 1. The number of halogens is 1. The fourth-order valence-corrected chi connectivity index (χ4v) is 3.70. The molecule has 20 heavy (non-hydrogen) atoms. The quantitative estimate of drug-likeness (QED) is 0.865. The van der Waals surface area contributed by atoms with Crippen molar-refractivity contribution in [3.8, 4) is 0 Å². The summed E-state index contributed by atoms with van der Waals surface area (Å²) < 4.78 is 23.2. The van der Waals surface area contributed by atoms with Crippen molar-refractivity contribution < 1.29 is 13.2 Å². The second-order valence-corrected chi connectivity index (χ2v) is 7.66. The number of sulfone groups is 1. The summed E-state index contributed by atoms with van der Waals surface area (Å²) in [6, 6.07) is 6.46. The molecule has 1 aromatic rings. The highest BCUT2D eigenvalue weighted by Crippen LogP contribution is 2.17. The van der Waals surface area contributed by atoms with Crippen LogP contribution < -0.4 is 5.32 Å². The number of carbonyl (C=O) groups excluding carboxylic acids is 1. The third-order valence-corrected chi connectivity index (χ3v) is 5.26. The number of hydrogen-bond donors (Lipinski definition) is 1. The first kappa shape index (κ1) is 15.1. The Hall–Kier alpha value is -1.27. The topological polar surface area (TPSA) is 66.5 Å². The molecule has 5 nitrogen and oxygen atoms in total. The van der Waals surface area contributed by atoms with Crippen molar-refractivity contribution in [1.29, 1.82) is 0 Å². The van der Waals surface area contributed by atoms with Gasteiger partial charge in [-0.05, 0) is 31.5 Å². The lowest BCUT2D eigenvalue weighted by molar-refractivity contribution is 0.197. The second-order valence-electron chi connectivity index (χ2n) is 4.92. The predicted octanol–water partition coefficient (Wildman–Crippen LogP) is 2.38. The summed E-state index contributed by atoms with van der Waals surface area (Å²) in [5.74, 6) is 0.148. The van der Waals surface area contributed by atoms with Gasteiger partial charge in [0.05, 0.1) is 11.5 Å². The molecule has 0 aromatic heterocycles. The number of nitrogens with one attached hydrogen (secondary N) is 1. The van der Waals surface area contributed by atoms with Gasteiger partial charge in [0, 0.05) is 23.3 Å².